The van der Waals surface area contributed by atoms with Gasteiger partial charge in [-0.2, -0.15) is 0 Å². The fraction of sp³-hybridized carbons (Fsp3) is 0.400. The highest BCUT2D eigenvalue weighted by Gasteiger charge is 2.34. The Balaban J connectivity index is 1.22. The highest BCUT2D eigenvalue weighted by Crippen LogP contribution is 2.43. The average molecular weight is 482 g/mol. The number of ether oxygens (including phenoxy) is 1. The minimum Gasteiger partial charge on any atom is -0.489 e. The molecule has 1 unspecified atom stereocenters. The first-order valence-electron chi connectivity index (χ1n) is 13.2. The number of fused-ring (bicyclic) bond motifs is 1. The van der Waals surface area contributed by atoms with E-state index in [4.69, 9.17) is 10.5 Å². The fourth-order valence-electron chi connectivity index (χ4n) is 5.99. The van der Waals surface area contributed by atoms with Gasteiger partial charge in [-0.05, 0) is 67.3 Å². The van der Waals surface area contributed by atoms with E-state index in [1.807, 2.05) is 30.3 Å². The Morgan fingerprint density at radius 1 is 1.06 bits per heavy atom. The van der Waals surface area contributed by atoms with Crippen molar-refractivity contribution < 1.29 is 4.74 Å². The second kappa shape index (κ2) is 9.94. The van der Waals surface area contributed by atoms with E-state index < -0.39 is 0 Å². The number of piperidine rings is 1. The van der Waals surface area contributed by atoms with Crippen LogP contribution in [0.25, 0.3) is 22.2 Å². The van der Waals surface area contributed by atoms with Crippen molar-refractivity contribution in [1.82, 2.24) is 19.4 Å². The number of hydrogen-bond donors (Lipinski definition) is 1. The number of nitrogen functional groups attached to an aromatic ring is 1. The van der Waals surface area contributed by atoms with Crippen LogP contribution in [0, 0.1) is 11.8 Å². The normalized spacial score (nSPS) is 22.4. The van der Waals surface area contributed by atoms with Crippen molar-refractivity contribution in [3.8, 4) is 16.9 Å². The lowest BCUT2D eigenvalue weighted by Crippen LogP contribution is -2.41. The molecule has 6 heteroatoms. The minimum atomic E-state index is 0.459. The molecule has 2 aromatic carbocycles. The van der Waals surface area contributed by atoms with Gasteiger partial charge in [0.05, 0.1) is 5.39 Å². The molecule has 4 aromatic rings. The molecule has 1 aliphatic carbocycles. The largest absolute Gasteiger partial charge is 0.489 e. The molecule has 0 amide bonds. The van der Waals surface area contributed by atoms with Crippen LogP contribution in [0.3, 0.4) is 0 Å². The predicted octanol–water partition coefficient (Wildman–Crippen LogP) is 5.94. The number of nitrogens with two attached hydrogens (primary N) is 1. The molecular weight excluding hydrogens is 446 g/mol. The van der Waals surface area contributed by atoms with Crippen molar-refractivity contribution in [2.75, 3.05) is 25.4 Å². The van der Waals surface area contributed by atoms with Crippen LogP contribution in [0.4, 0.5) is 5.82 Å². The molecule has 3 heterocycles. The summed E-state index contributed by atoms with van der Waals surface area (Å²) in [6, 6.07) is 18.9. The van der Waals surface area contributed by atoms with Gasteiger partial charge in [-0.3, -0.25) is 0 Å². The summed E-state index contributed by atoms with van der Waals surface area (Å²) in [5.41, 5.74) is 10.6. The molecule has 186 valence electrons. The summed E-state index contributed by atoms with van der Waals surface area (Å²) in [6.45, 7) is 6.66. The Morgan fingerprint density at radius 2 is 1.92 bits per heavy atom. The van der Waals surface area contributed by atoms with Gasteiger partial charge in [0.1, 0.15) is 30.1 Å². The molecule has 1 atom stereocenters. The summed E-state index contributed by atoms with van der Waals surface area (Å²) in [7, 11) is 0. The molecule has 0 spiro atoms. The van der Waals surface area contributed by atoms with Gasteiger partial charge in [-0.25, -0.2) is 9.97 Å². The summed E-state index contributed by atoms with van der Waals surface area (Å²) >= 11 is 0. The number of anilines is 1. The Morgan fingerprint density at radius 3 is 2.75 bits per heavy atom. The van der Waals surface area contributed by atoms with Gasteiger partial charge in [0.2, 0.25) is 0 Å². The second-order valence-electron chi connectivity index (χ2n) is 10.7. The molecular formula is C30H35N5O. The summed E-state index contributed by atoms with van der Waals surface area (Å²) < 4.78 is 8.45. The van der Waals surface area contributed by atoms with Gasteiger partial charge in [-0.1, -0.05) is 49.4 Å². The SMILES string of the molecule is CC1CCCN(CC2CC(n3cc(-c4cccc(OCc5ccccc5)c4)c4c(N)ncnc43)C2)C1. The standard InChI is InChI=1S/C30H35N5O/c1-21-7-6-12-34(16-21)17-23-13-25(14-23)35-18-27(28-29(31)32-20-33-30(28)35)24-10-5-11-26(15-24)36-19-22-8-3-2-4-9-22/h2-5,8-11,15,18,20-21,23,25H,6-7,12-14,16-17,19H2,1H3,(H2,31,32,33). The summed E-state index contributed by atoms with van der Waals surface area (Å²) in [6.07, 6.45) is 8.92. The van der Waals surface area contributed by atoms with E-state index in [1.54, 1.807) is 6.33 Å². The van der Waals surface area contributed by atoms with Crippen molar-refractivity contribution >= 4 is 16.9 Å². The Labute approximate surface area is 213 Å². The van der Waals surface area contributed by atoms with Crippen LogP contribution >= 0.6 is 0 Å². The Kier molecular flexibility index (Phi) is 6.36. The summed E-state index contributed by atoms with van der Waals surface area (Å²) in [5, 5.41) is 0.936. The van der Waals surface area contributed by atoms with Crippen LogP contribution in [-0.4, -0.2) is 39.1 Å². The highest BCUT2D eigenvalue weighted by molar-refractivity contribution is 6.00. The predicted molar refractivity (Wildman–Crippen MR) is 145 cm³/mol. The molecule has 2 aromatic heterocycles. The number of hydrogen-bond acceptors (Lipinski definition) is 5. The number of benzene rings is 2. The molecule has 0 bridgehead atoms. The van der Waals surface area contributed by atoms with E-state index in [0.29, 0.717) is 18.5 Å². The van der Waals surface area contributed by atoms with Crippen LogP contribution in [0.1, 0.15) is 44.2 Å². The van der Waals surface area contributed by atoms with E-state index in [-0.39, 0.29) is 0 Å². The number of rotatable bonds is 7. The van der Waals surface area contributed by atoms with E-state index >= 15 is 0 Å². The van der Waals surface area contributed by atoms with E-state index in [1.165, 1.54) is 45.3 Å². The number of aromatic nitrogens is 3. The van der Waals surface area contributed by atoms with Crippen molar-refractivity contribution in [1.29, 1.82) is 0 Å². The van der Waals surface area contributed by atoms with Crippen LogP contribution in [0.5, 0.6) is 5.75 Å². The molecule has 2 N–H and O–H groups in total. The first-order chi connectivity index (χ1) is 17.6. The van der Waals surface area contributed by atoms with Crippen LogP contribution < -0.4 is 10.5 Å². The zero-order valence-electron chi connectivity index (χ0n) is 21.0. The maximum Gasteiger partial charge on any atom is 0.146 e. The lowest BCUT2D eigenvalue weighted by atomic mass is 9.79. The molecule has 6 nitrogen and oxygen atoms in total. The molecule has 1 saturated heterocycles. The summed E-state index contributed by atoms with van der Waals surface area (Å²) in [5.74, 6) is 2.96. The fourth-order valence-corrected chi connectivity index (χ4v) is 5.99. The topological polar surface area (TPSA) is 69.2 Å². The van der Waals surface area contributed by atoms with Crippen molar-refractivity contribution in [2.45, 2.75) is 45.3 Å². The molecule has 36 heavy (non-hydrogen) atoms. The average Bonchev–Trinajstić information content (AvgIpc) is 3.26. The lowest BCUT2D eigenvalue weighted by molar-refractivity contribution is 0.101. The quantitative estimate of drug-likeness (QED) is 0.354. The first-order valence-corrected chi connectivity index (χ1v) is 13.2. The van der Waals surface area contributed by atoms with E-state index in [2.05, 4.69) is 56.8 Å². The molecule has 2 aliphatic rings. The minimum absolute atomic E-state index is 0.459. The zero-order chi connectivity index (χ0) is 24.5. The highest BCUT2D eigenvalue weighted by atomic mass is 16.5. The van der Waals surface area contributed by atoms with E-state index in [0.717, 1.165) is 45.3 Å². The molecule has 6 rings (SSSR count). The summed E-state index contributed by atoms with van der Waals surface area (Å²) in [4.78, 5) is 11.7. The number of likely N-dealkylation sites (tertiary alicyclic amines) is 1. The molecule has 2 fully saturated rings. The monoisotopic (exact) mass is 481 g/mol. The van der Waals surface area contributed by atoms with Crippen LogP contribution in [-0.2, 0) is 6.61 Å². The molecule has 0 radical (unpaired) electrons. The third kappa shape index (κ3) is 4.70. The van der Waals surface area contributed by atoms with E-state index in [9.17, 15) is 0 Å². The first kappa shape index (κ1) is 23.0. The van der Waals surface area contributed by atoms with Crippen molar-refractivity contribution in [2.24, 2.45) is 11.8 Å². The maximum atomic E-state index is 6.40. The molecule has 1 aliphatic heterocycles. The van der Waals surface area contributed by atoms with Gasteiger partial charge in [0.15, 0.2) is 0 Å². The van der Waals surface area contributed by atoms with Crippen LogP contribution in [0.15, 0.2) is 67.1 Å². The van der Waals surface area contributed by atoms with Gasteiger partial charge >= 0.3 is 0 Å². The zero-order valence-corrected chi connectivity index (χ0v) is 21.0. The van der Waals surface area contributed by atoms with Crippen LogP contribution in [0.2, 0.25) is 0 Å². The van der Waals surface area contributed by atoms with Gasteiger partial charge < -0.3 is 19.9 Å². The van der Waals surface area contributed by atoms with Gasteiger partial charge in [0.25, 0.3) is 0 Å². The second-order valence-corrected chi connectivity index (χ2v) is 10.7. The molecule has 1 saturated carbocycles. The third-order valence-electron chi connectivity index (χ3n) is 7.89. The third-order valence-corrected chi connectivity index (χ3v) is 7.89. The Hall–Kier alpha value is -3.38. The maximum absolute atomic E-state index is 6.40. The van der Waals surface area contributed by atoms with Crippen molar-refractivity contribution in [3.63, 3.8) is 0 Å². The lowest BCUT2D eigenvalue weighted by Gasteiger charge is -2.41. The smallest absolute Gasteiger partial charge is 0.146 e. The number of nitrogens with zero attached hydrogens (tertiary/aromatic N) is 4. The van der Waals surface area contributed by atoms with Crippen molar-refractivity contribution in [3.05, 3.63) is 72.7 Å². The van der Waals surface area contributed by atoms with Gasteiger partial charge in [-0.15, -0.1) is 0 Å². The Bertz CT molecular complexity index is 1330. The van der Waals surface area contributed by atoms with Gasteiger partial charge in [0, 0.05) is 30.9 Å².